The standard InChI is InChI=1S/C14H11F3N6S/c1-8(2)7-24-12-11-21-22-13(14(15,16)17)23(11)10(6-20-12)3-9(4-18)5-19/h3,6,8H,7H2,1-2H3. The summed E-state index contributed by atoms with van der Waals surface area (Å²) in [6, 6.07) is 3.20. The molecule has 6 nitrogen and oxygen atoms in total. The van der Waals surface area contributed by atoms with Gasteiger partial charge in [-0.05, 0) is 12.0 Å². The van der Waals surface area contributed by atoms with Crippen molar-refractivity contribution in [2.45, 2.75) is 25.0 Å². The lowest BCUT2D eigenvalue weighted by molar-refractivity contribution is -0.145. The third kappa shape index (κ3) is 3.66. The first-order valence-corrected chi connectivity index (χ1v) is 7.72. The van der Waals surface area contributed by atoms with Crippen molar-refractivity contribution in [1.82, 2.24) is 19.6 Å². The van der Waals surface area contributed by atoms with Crippen molar-refractivity contribution in [3.63, 3.8) is 0 Å². The van der Waals surface area contributed by atoms with Crippen LogP contribution in [0, 0.1) is 28.6 Å². The van der Waals surface area contributed by atoms with Gasteiger partial charge in [0.25, 0.3) is 0 Å². The van der Waals surface area contributed by atoms with Crippen LogP contribution >= 0.6 is 11.8 Å². The van der Waals surface area contributed by atoms with Crippen molar-refractivity contribution in [3.8, 4) is 12.1 Å². The van der Waals surface area contributed by atoms with E-state index >= 15 is 0 Å². The van der Waals surface area contributed by atoms with E-state index in [1.807, 2.05) is 13.8 Å². The molecule has 2 aromatic heterocycles. The van der Waals surface area contributed by atoms with Crippen molar-refractivity contribution < 1.29 is 13.2 Å². The molecule has 0 aliphatic rings. The molecule has 0 fully saturated rings. The molecule has 0 aliphatic heterocycles. The van der Waals surface area contributed by atoms with Gasteiger partial charge >= 0.3 is 6.18 Å². The maximum Gasteiger partial charge on any atom is 0.452 e. The van der Waals surface area contributed by atoms with Gasteiger partial charge in [-0.15, -0.1) is 22.0 Å². The minimum Gasteiger partial charge on any atom is -0.268 e. The number of nitriles is 2. The molecule has 0 saturated heterocycles. The Morgan fingerprint density at radius 3 is 2.54 bits per heavy atom. The van der Waals surface area contributed by atoms with Gasteiger partial charge in [-0.3, -0.25) is 4.40 Å². The molecular weight excluding hydrogens is 341 g/mol. The molecule has 0 unspecified atom stereocenters. The summed E-state index contributed by atoms with van der Waals surface area (Å²) in [4.78, 5) is 4.10. The lowest BCUT2D eigenvalue weighted by Gasteiger charge is -2.09. The number of hydrogen-bond donors (Lipinski definition) is 0. The number of alkyl halides is 3. The Morgan fingerprint density at radius 1 is 1.33 bits per heavy atom. The second kappa shape index (κ2) is 6.89. The molecule has 0 aliphatic carbocycles. The fourth-order valence-electron chi connectivity index (χ4n) is 1.78. The van der Waals surface area contributed by atoms with Crippen molar-refractivity contribution in [2.24, 2.45) is 5.92 Å². The zero-order valence-corrected chi connectivity index (χ0v) is 13.5. The third-order valence-corrected chi connectivity index (χ3v) is 4.16. The molecule has 0 aromatic carbocycles. The van der Waals surface area contributed by atoms with Crippen LogP contribution in [0.25, 0.3) is 11.7 Å². The van der Waals surface area contributed by atoms with Crippen LogP contribution in [-0.2, 0) is 6.18 Å². The number of hydrogen-bond acceptors (Lipinski definition) is 6. The normalized spacial score (nSPS) is 11.3. The topological polar surface area (TPSA) is 90.7 Å². The molecule has 0 bridgehead atoms. The zero-order chi connectivity index (χ0) is 17.9. The molecule has 0 amide bonds. The molecule has 10 heteroatoms. The van der Waals surface area contributed by atoms with Crippen LogP contribution in [0.2, 0.25) is 0 Å². The molecule has 0 spiro atoms. The van der Waals surface area contributed by atoms with Gasteiger partial charge in [0.1, 0.15) is 22.7 Å². The van der Waals surface area contributed by atoms with Crippen molar-refractivity contribution in [3.05, 3.63) is 23.3 Å². The van der Waals surface area contributed by atoms with E-state index in [-0.39, 0.29) is 16.9 Å². The second-order valence-corrected chi connectivity index (χ2v) is 6.16. The summed E-state index contributed by atoms with van der Waals surface area (Å²) in [7, 11) is 0. The van der Waals surface area contributed by atoms with Gasteiger partial charge in [0, 0.05) is 5.75 Å². The summed E-state index contributed by atoms with van der Waals surface area (Å²) in [5.74, 6) is -0.272. The lowest BCUT2D eigenvalue weighted by Crippen LogP contribution is -2.13. The van der Waals surface area contributed by atoms with Gasteiger partial charge < -0.3 is 0 Å². The predicted octanol–water partition coefficient (Wildman–Crippen LogP) is 3.32. The monoisotopic (exact) mass is 352 g/mol. The average Bonchev–Trinajstić information content (AvgIpc) is 2.96. The van der Waals surface area contributed by atoms with Crippen molar-refractivity contribution in [2.75, 3.05) is 5.75 Å². The van der Waals surface area contributed by atoms with Crippen LogP contribution in [0.5, 0.6) is 0 Å². The Hall–Kier alpha value is -2.59. The van der Waals surface area contributed by atoms with E-state index in [2.05, 4.69) is 15.2 Å². The fraction of sp³-hybridized carbons (Fsp3) is 0.357. The Balaban J connectivity index is 2.70. The Morgan fingerprint density at radius 2 is 2.00 bits per heavy atom. The van der Waals surface area contributed by atoms with Crippen LogP contribution in [0.4, 0.5) is 13.2 Å². The summed E-state index contributed by atoms with van der Waals surface area (Å²) in [5.41, 5.74) is -0.492. The first-order chi connectivity index (χ1) is 11.3. The van der Waals surface area contributed by atoms with E-state index in [1.54, 1.807) is 12.1 Å². The molecule has 2 heterocycles. The summed E-state index contributed by atoms with van der Waals surface area (Å²) < 4.78 is 40.3. The van der Waals surface area contributed by atoms with E-state index in [4.69, 9.17) is 10.5 Å². The molecule has 124 valence electrons. The average molecular weight is 352 g/mol. The largest absolute Gasteiger partial charge is 0.452 e. The van der Waals surface area contributed by atoms with Crippen LogP contribution in [0.3, 0.4) is 0 Å². The number of nitrogens with zero attached hydrogens (tertiary/aromatic N) is 6. The smallest absolute Gasteiger partial charge is 0.268 e. The Bertz CT molecular complexity index is 853. The number of fused-ring (bicyclic) bond motifs is 1. The first-order valence-electron chi connectivity index (χ1n) is 6.74. The summed E-state index contributed by atoms with van der Waals surface area (Å²) in [5, 5.41) is 24.7. The van der Waals surface area contributed by atoms with Gasteiger partial charge in [0.05, 0.1) is 11.9 Å². The van der Waals surface area contributed by atoms with Crippen LogP contribution in [0.1, 0.15) is 25.4 Å². The quantitative estimate of drug-likeness (QED) is 0.619. The van der Waals surface area contributed by atoms with Gasteiger partial charge in [-0.1, -0.05) is 13.8 Å². The molecule has 2 aromatic rings. The highest BCUT2D eigenvalue weighted by molar-refractivity contribution is 7.99. The van der Waals surface area contributed by atoms with Crippen LogP contribution < -0.4 is 0 Å². The number of aromatic nitrogens is 4. The molecule has 0 N–H and O–H groups in total. The van der Waals surface area contributed by atoms with Crippen molar-refractivity contribution in [1.29, 1.82) is 10.5 Å². The number of thioether (sulfide) groups is 1. The SMILES string of the molecule is CC(C)CSc1ncc(C=C(C#N)C#N)n2c(C(F)(F)F)nnc12. The van der Waals surface area contributed by atoms with E-state index in [0.717, 1.165) is 10.5 Å². The van der Waals surface area contributed by atoms with Crippen LogP contribution in [-0.4, -0.2) is 25.3 Å². The molecule has 0 saturated carbocycles. The van der Waals surface area contributed by atoms with E-state index < -0.39 is 12.0 Å². The lowest BCUT2D eigenvalue weighted by atomic mass is 10.2. The Labute approximate surface area is 139 Å². The predicted molar refractivity (Wildman–Crippen MR) is 80.5 cm³/mol. The van der Waals surface area contributed by atoms with Gasteiger partial charge in [-0.2, -0.15) is 23.7 Å². The van der Waals surface area contributed by atoms with Gasteiger partial charge in [-0.25, -0.2) is 4.98 Å². The summed E-state index contributed by atoms with van der Waals surface area (Å²) in [6.45, 7) is 3.94. The van der Waals surface area contributed by atoms with Gasteiger partial charge in [0.15, 0.2) is 5.65 Å². The zero-order valence-electron chi connectivity index (χ0n) is 12.7. The minimum absolute atomic E-state index is 0.0584. The summed E-state index contributed by atoms with van der Waals surface area (Å²) in [6.07, 6.45) is -2.54. The Kier molecular flexibility index (Phi) is 5.10. The summed E-state index contributed by atoms with van der Waals surface area (Å²) >= 11 is 1.27. The van der Waals surface area contributed by atoms with E-state index in [9.17, 15) is 13.2 Å². The molecule has 0 radical (unpaired) electrons. The molecular formula is C14H11F3N6S. The van der Waals surface area contributed by atoms with Gasteiger partial charge in [0.2, 0.25) is 5.82 Å². The van der Waals surface area contributed by atoms with E-state index in [1.165, 1.54) is 18.0 Å². The molecule has 24 heavy (non-hydrogen) atoms. The number of halogens is 3. The first kappa shape index (κ1) is 17.8. The van der Waals surface area contributed by atoms with Crippen LogP contribution in [0.15, 0.2) is 16.8 Å². The fourth-order valence-corrected chi connectivity index (χ4v) is 2.66. The highest BCUT2D eigenvalue weighted by Gasteiger charge is 2.38. The maximum atomic E-state index is 13.2. The molecule has 2 rings (SSSR count). The van der Waals surface area contributed by atoms with Crippen molar-refractivity contribution >= 4 is 23.5 Å². The number of allylic oxidation sites excluding steroid dienone is 1. The maximum absolute atomic E-state index is 13.2. The number of rotatable bonds is 4. The van der Waals surface area contributed by atoms with E-state index in [0.29, 0.717) is 16.7 Å². The highest BCUT2D eigenvalue weighted by atomic mass is 32.2. The minimum atomic E-state index is -4.73. The second-order valence-electron chi connectivity index (χ2n) is 5.16. The highest BCUT2D eigenvalue weighted by Crippen LogP contribution is 2.31. The molecule has 0 atom stereocenters. The third-order valence-electron chi connectivity index (χ3n) is 2.77.